The lowest BCUT2D eigenvalue weighted by atomic mass is 10.3. The minimum Gasteiger partial charge on any atom is -0.355 e. The Morgan fingerprint density at radius 2 is 1.84 bits per heavy atom. The smallest absolute Gasteiger partial charge is 0.230 e. The summed E-state index contributed by atoms with van der Waals surface area (Å²) >= 11 is 4.79. The molecule has 0 aliphatic rings. The van der Waals surface area contributed by atoms with E-state index in [0.29, 0.717) is 5.75 Å². The topological polar surface area (TPSA) is 54.9 Å². The average Bonchev–Trinajstić information content (AvgIpc) is 2.85. The first-order valence-corrected chi connectivity index (χ1v) is 9.40. The lowest BCUT2D eigenvalue weighted by Crippen LogP contribution is -2.25. The third-order valence-corrected chi connectivity index (χ3v) is 5.57. The molecule has 0 fully saturated rings. The van der Waals surface area contributed by atoms with Gasteiger partial charge in [0, 0.05) is 12.3 Å². The molecule has 108 valence electrons. The number of unbranched alkanes of at least 4 members (excludes halogenated alkanes) is 2. The van der Waals surface area contributed by atoms with E-state index >= 15 is 0 Å². The van der Waals surface area contributed by atoms with E-state index in [9.17, 15) is 4.79 Å². The minimum absolute atomic E-state index is 0.0776. The van der Waals surface area contributed by atoms with Crippen molar-refractivity contribution in [2.75, 3.05) is 18.1 Å². The Balaban J connectivity index is 2.20. The zero-order valence-corrected chi connectivity index (χ0v) is 13.9. The second-order valence-corrected chi connectivity index (χ2v) is 7.57. The van der Waals surface area contributed by atoms with Gasteiger partial charge in [-0.05, 0) is 12.8 Å². The maximum atomic E-state index is 11.5. The van der Waals surface area contributed by atoms with Gasteiger partial charge in [0.15, 0.2) is 8.68 Å². The molecule has 7 heteroatoms. The van der Waals surface area contributed by atoms with Crippen LogP contribution >= 0.6 is 34.9 Å². The largest absolute Gasteiger partial charge is 0.355 e. The highest BCUT2D eigenvalue weighted by Crippen LogP contribution is 2.29. The van der Waals surface area contributed by atoms with Crippen molar-refractivity contribution < 1.29 is 4.79 Å². The SMILES string of the molecule is CCCCNC(=O)CSc1nnc(SCCCC)s1. The van der Waals surface area contributed by atoms with Crippen molar-refractivity contribution >= 4 is 40.8 Å². The standard InChI is InChI=1S/C12H21N3OS3/c1-3-5-7-13-10(16)9-18-12-15-14-11(19-12)17-8-6-4-2/h3-9H2,1-2H3,(H,13,16). The number of amides is 1. The molecule has 1 heterocycles. The first-order chi connectivity index (χ1) is 9.26. The number of hydrogen-bond donors (Lipinski definition) is 1. The van der Waals surface area contributed by atoms with Gasteiger partial charge in [-0.3, -0.25) is 4.79 Å². The Bertz CT molecular complexity index is 371. The van der Waals surface area contributed by atoms with Gasteiger partial charge in [-0.15, -0.1) is 10.2 Å². The molecular formula is C12H21N3OS3. The van der Waals surface area contributed by atoms with Crippen molar-refractivity contribution in [2.45, 2.75) is 48.2 Å². The fourth-order valence-corrected chi connectivity index (χ4v) is 4.20. The molecule has 0 saturated heterocycles. The Morgan fingerprint density at radius 3 is 2.53 bits per heavy atom. The predicted octanol–water partition coefficient (Wildman–Crippen LogP) is 3.44. The normalized spacial score (nSPS) is 10.6. The number of rotatable bonds is 10. The molecule has 0 spiro atoms. The molecule has 0 bridgehead atoms. The molecule has 1 aromatic rings. The molecule has 1 aromatic heterocycles. The number of hydrogen-bond acceptors (Lipinski definition) is 6. The van der Waals surface area contributed by atoms with Gasteiger partial charge >= 0.3 is 0 Å². The summed E-state index contributed by atoms with van der Waals surface area (Å²) in [5.41, 5.74) is 0. The van der Waals surface area contributed by atoms with Crippen molar-refractivity contribution in [2.24, 2.45) is 0 Å². The predicted molar refractivity (Wildman–Crippen MR) is 84.2 cm³/mol. The number of nitrogens with zero attached hydrogens (tertiary/aromatic N) is 2. The zero-order valence-electron chi connectivity index (χ0n) is 11.5. The van der Waals surface area contributed by atoms with Crippen LogP contribution in [0, 0.1) is 0 Å². The van der Waals surface area contributed by atoms with Gasteiger partial charge in [0.2, 0.25) is 5.91 Å². The summed E-state index contributed by atoms with van der Waals surface area (Å²) in [5, 5.41) is 11.1. The van der Waals surface area contributed by atoms with Crippen LogP contribution in [0.15, 0.2) is 8.68 Å². The number of carbonyl (C=O) groups is 1. The molecular weight excluding hydrogens is 298 g/mol. The number of thioether (sulfide) groups is 2. The van der Waals surface area contributed by atoms with Crippen molar-refractivity contribution in [1.82, 2.24) is 15.5 Å². The monoisotopic (exact) mass is 319 g/mol. The van der Waals surface area contributed by atoms with Crippen LogP contribution in [0.2, 0.25) is 0 Å². The van der Waals surface area contributed by atoms with Gasteiger partial charge < -0.3 is 5.32 Å². The summed E-state index contributed by atoms with van der Waals surface area (Å²) in [7, 11) is 0. The van der Waals surface area contributed by atoms with Crippen LogP contribution in [0.4, 0.5) is 0 Å². The lowest BCUT2D eigenvalue weighted by molar-refractivity contribution is -0.118. The second-order valence-electron chi connectivity index (χ2n) is 4.03. The molecule has 0 unspecified atom stereocenters. The molecule has 0 aliphatic carbocycles. The molecule has 4 nitrogen and oxygen atoms in total. The third-order valence-electron chi connectivity index (χ3n) is 2.29. The van der Waals surface area contributed by atoms with Gasteiger partial charge in [0.25, 0.3) is 0 Å². The van der Waals surface area contributed by atoms with Gasteiger partial charge in [0.1, 0.15) is 0 Å². The van der Waals surface area contributed by atoms with Crippen molar-refractivity contribution in [3.8, 4) is 0 Å². The Morgan fingerprint density at radius 1 is 1.16 bits per heavy atom. The van der Waals surface area contributed by atoms with E-state index < -0.39 is 0 Å². The number of nitrogens with one attached hydrogen (secondary N) is 1. The molecule has 0 aliphatic heterocycles. The quantitative estimate of drug-likeness (QED) is 0.529. The summed E-state index contributed by atoms with van der Waals surface area (Å²) in [6.07, 6.45) is 4.54. The van der Waals surface area contributed by atoms with E-state index in [0.717, 1.165) is 33.8 Å². The molecule has 0 atom stereocenters. The fraction of sp³-hybridized carbons (Fsp3) is 0.750. The van der Waals surface area contributed by atoms with Gasteiger partial charge in [-0.1, -0.05) is 61.5 Å². The van der Waals surface area contributed by atoms with E-state index in [1.54, 1.807) is 23.1 Å². The minimum atomic E-state index is 0.0776. The first kappa shape index (κ1) is 16.8. The highest BCUT2D eigenvalue weighted by molar-refractivity contribution is 8.03. The number of aromatic nitrogens is 2. The fourth-order valence-electron chi connectivity index (χ4n) is 1.20. The van der Waals surface area contributed by atoms with Crippen molar-refractivity contribution in [1.29, 1.82) is 0 Å². The molecule has 1 amide bonds. The molecule has 19 heavy (non-hydrogen) atoms. The summed E-state index contributed by atoms with van der Waals surface area (Å²) in [4.78, 5) is 11.5. The van der Waals surface area contributed by atoms with Crippen LogP contribution in [0.1, 0.15) is 39.5 Å². The van der Waals surface area contributed by atoms with E-state index in [1.165, 1.54) is 24.6 Å². The first-order valence-electron chi connectivity index (χ1n) is 6.62. The lowest BCUT2D eigenvalue weighted by Gasteiger charge is -2.01. The summed E-state index contributed by atoms with van der Waals surface area (Å²) < 4.78 is 1.88. The van der Waals surface area contributed by atoms with Crippen LogP contribution in [0.3, 0.4) is 0 Å². The van der Waals surface area contributed by atoms with Gasteiger partial charge in [-0.2, -0.15) is 0 Å². The Kier molecular flexibility index (Phi) is 9.28. The third kappa shape index (κ3) is 7.79. The van der Waals surface area contributed by atoms with Crippen molar-refractivity contribution in [3.63, 3.8) is 0 Å². The van der Waals surface area contributed by atoms with E-state index in [4.69, 9.17) is 0 Å². The highest BCUT2D eigenvalue weighted by atomic mass is 32.2. The molecule has 1 rings (SSSR count). The van der Waals surface area contributed by atoms with E-state index in [-0.39, 0.29) is 5.91 Å². The average molecular weight is 320 g/mol. The number of carbonyl (C=O) groups excluding carboxylic acids is 1. The van der Waals surface area contributed by atoms with Crippen LogP contribution in [-0.4, -0.2) is 34.2 Å². The highest BCUT2D eigenvalue weighted by Gasteiger charge is 2.08. The van der Waals surface area contributed by atoms with Gasteiger partial charge in [0.05, 0.1) is 5.75 Å². The van der Waals surface area contributed by atoms with E-state index in [2.05, 4.69) is 29.4 Å². The molecule has 1 N–H and O–H groups in total. The van der Waals surface area contributed by atoms with Crippen molar-refractivity contribution in [3.05, 3.63) is 0 Å². The van der Waals surface area contributed by atoms with Crippen LogP contribution < -0.4 is 5.32 Å². The van der Waals surface area contributed by atoms with Crippen LogP contribution in [-0.2, 0) is 4.79 Å². The second kappa shape index (κ2) is 10.5. The van der Waals surface area contributed by atoms with Gasteiger partial charge in [-0.25, -0.2) is 0 Å². The maximum Gasteiger partial charge on any atom is 0.230 e. The van der Waals surface area contributed by atoms with Crippen LogP contribution in [0.5, 0.6) is 0 Å². The summed E-state index contributed by atoms with van der Waals surface area (Å²) in [6, 6.07) is 0. The van der Waals surface area contributed by atoms with E-state index in [1.807, 2.05) is 0 Å². The zero-order chi connectivity index (χ0) is 13.9. The summed E-state index contributed by atoms with van der Waals surface area (Å²) in [5.74, 6) is 1.60. The molecule has 0 saturated carbocycles. The van der Waals surface area contributed by atoms with Crippen LogP contribution in [0.25, 0.3) is 0 Å². The maximum absolute atomic E-state index is 11.5. The Hall–Kier alpha value is -0.270. The Labute approximate surface area is 127 Å². The molecule has 0 radical (unpaired) electrons. The summed E-state index contributed by atoms with van der Waals surface area (Å²) in [6.45, 7) is 5.06. The molecule has 0 aromatic carbocycles.